The molecule has 0 aliphatic heterocycles. The van der Waals surface area contributed by atoms with Crippen molar-refractivity contribution in [1.82, 2.24) is 0 Å². The van der Waals surface area contributed by atoms with Crippen molar-refractivity contribution in [2.24, 2.45) is 0 Å². The van der Waals surface area contributed by atoms with Crippen LogP contribution in [0, 0.1) is 0 Å². The lowest BCUT2D eigenvalue weighted by atomic mass is 10.1. The number of ether oxygens (including phenoxy) is 1. The Morgan fingerprint density at radius 3 is 2.48 bits per heavy atom. The Kier molecular flexibility index (Phi) is 5.60. The molecule has 0 atom stereocenters. The highest BCUT2D eigenvalue weighted by molar-refractivity contribution is 6.07. The maximum Gasteiger partial charge on any atom is 0.418 e. The van der Waals surface area contributed by atoms with E-state index in [1.807, 2.05) is 0 Å². The summed E-state index contributed by atoms with van der Waals surface area (Å²) in [7, 11) is 1.44. The van der Waals surface area contributed by atoms with Crippen LogP contribution in [0.2, 0.25) is 0 Å². The summed E-state index contributed by atoms with van der Waals surface area (Å²) in [5.41, 5.74) is -0.737. The van der Waals surface area contributed by atoms with Gasteiger partial charge in [-0.3, -0.25) is 9.59 Å². The second-order valence-corrected chi connectivity index (χ2v) is 6.23. The fraction of sp³-hybridized carbons (Fsp3) is 0.200. The SMILES string of the molecule is COCc1c(C(=O)Nc2ccc(NC(C)=O)cc2C(F)(F)F)oc2ccccc12. The zero-order chi connectivity index (χ0) is 21.2. The average Bonchev–Trinajstić information content (AvgIpc) is 3.01. The maximum atomic E-state index is 13.5. The van der Waals surface area contributed by atoms with Crippen molar-refractivity contribution >= 4 is 34.2 Å². The molecule has 0 saturated carbocycles. The standard InChI is InChI=1S/C20H17F3N2O4/c1-11(26)24-12-7-8-16(15(9-12)20(21,22)23)25-19(27)18-14(10-28-2)13-5-3-4-6-17(13)29-18/h3-9H,10H2,1-2H3,(H,24,26)(H,25,27). The number of halogens is 3. The van der Waals surface area contributed by atoms with Crippen LogP contribution in [-0.2, 0) is 22.3 Å². The second kappa shape index (κ2) is 7.96. The molecule has 0 aliphatic rings. The van der Waals surface area contributed by atoms with Gasteiger partial charge in [-0.15, -0.1) is 0 Å². The van der Waals surface area contributed by atoms with Crippen molar-refractivity contribution < 1.29 is 31.9 Å². The van der Waals surface area contributed by atoms with Gasteiger partial charge in [-0.05, 0) is 24.3 Å². The first-order chi connectivity index (χ1) is 13.7. The van der Waals surface area contributed by atoms with Gasteiger partial charge in [0.1, 0.15) is 5.58 Å². The molecule has 0 radical (unpaired) electrons. The molecule has 2 N–H and O–H groups in total. The van der Waals surface area contributed by atoms with Crippen molar-refractivity contribution in [2.75, 3.05) is 17.7 Å². The molecule has 1 aromatic heterocycles. The Balaban J connectivity index is 2.00. The molecule has 0 saturated heterocycles. The van der Waals surface area contributed by atoms with Crippen molar-refractivity contribution in [3.8, 4) is 0 Å². The minimum Gasteiger partial charge on any atom is -0.451 e. The number of alkyl halides is 3. The van der Waals surface area contributed by atoms with E-state index in [1.54, 1.807) is 24.3 Å². The molecule has 1 heterocycles. The van der Waals surface area contributed by atoms with Crippen LogP contribution in [0.4, 0.5) is 24.5 Å². The Bertz CT molecular complexity index is 1070. The number of carbonyl (C=O) groups excluding carboxylic acids is 2. The summed E-state index contributed by atoms with van der Waals surface area (Å²) in [5.74, 6) is -1.49. The Morgan fingerprint density at radius 1 is 1.10 bits per heavy atom. The smallest absolute Gasteiger partial charge is 0.418 e. The van der Waals surface area contributed by atoms with E-state index in [0.717, 1.165) is 12.1 Å². The van der Waals surface area contributed by atoms with Gasteiger partial charge in [0, 0.05) is 30.7 Å². The van der Waals surface area contributed by atoms with E-state index >= 15 is 0 Å². The Morgan fingerprint density at radius 2 is 1.83 bits per heavy atom. The van der Waals surface area contributed by atoms with Crippen LogP contribution in [-0.4, -0.2) is 18.9 Å². The molecule has 2 amide bonds. The molecule has 0 fully saturated rings. The summed E-state index contributed by atoms with van der Waals surface area (Å²) >= 11 is 0. The van der Waals surface area contributed by atoms with Crippen molar-refractivity contribution in [1.29, 1.82) is 0 Å². The predicted molar refractivity (Wildman–Crippen MR) is 101 cm³/mol. The second-order valence-electron chi connectivity index (χ2n) is 6.23. The molecule has 0 bridgehead atoms. The van der Waals surface area contributed by atoms with E-state index in [4.69, 9.17) is 9.15 Å². The van der Waals surface area contributed by atoms with Crippen molar-refractivity contribution in [3.05, 3.63) is 59.4 Å². The van der Waals surface area contributed by atoms with Gasteiger partial charge in [-0.25, -0.2) is 0 Å². The van der Waals surface area contributed by atoms with E-state index in [9.17, 15) is 22.8 Å². The van der Waals surface area contributed by atoms with Gasteiger partial charge in [0.2, 0.25) is 5.91 Å². The van der Waals surface area contributed by atoms with Gasteiger partial charge < -0.3 is 19.8 Å². The molecule has 3 aromatic rings. The van der Waals surface area contributed by atoms with Crippen LogP contribution in [0.3, 0.4) is 0 Å². The number of para-hydroxylation sites is 1. The molecule has 6 nitrogen and oxygen atoms in total. The number of furan rings is 1. The van der Waals surface area contributed by atoms with Crippen LogP contribution in [0.15, 0.2) is 46.9 Å². The first kappa shape index (κ1) is 20.4. The number of hydrogen-bond acceptors (Lipinski definition) is 4. The molecule has 9 heteroatoms. The third-order valence-corrected chi connectivity index (χ3v) is 4.09. The highest BCUT2D eigenvalue weighted by atomic mass is 19.4. The third kappa shape index (κ3) is 4.40. The zero-order valence-corrected chi connectivity index (χ0v) is 15.5. The lowest BCUT2D eigenvalue weighted by molar-refractivity contribution is -0.137. The molecule has 0 unspecified atom stereocenters. The van der Waals surface area contributed by atoms with E-state index in [2.05, 4.69) is 10.6 Å². The number of fused-ring (bicyclic) bond motifs is 1. The molecule has 0 aliphatic carbocycles. The Hall–Kier alpha value is -3.33. The van der Waals surface area contributed by atoms with Gasteiger partial charge in [0.05, 0.1) is 17.9 Å². The molecular weight excluding hydrogens is 389 g/mol. The molecule has 29 heavy (non-hydrogen) atoms. The maximum absolute atomic E-state index is 13.5. The number of rotatable bonds is 5. The first-order valence-corrected chi connectivity index (χ1v) is 8.50. The molecule has 152 valence electrons. The summed E-state index contributed by atoms with van der Waals surface area (Å²) in [5, 5.41) is 5.17. The van der Waals surface area contributed by atoms with E-state index in [-0.39, 0.29) is 18.1 Å². The minimum atomic E-state index is -4.75. The molecular formula is C20H17F3N2O4. The normalized spacial score (nSPS) is 11.5. The number of nitrogens with one attached hydrogen (secondary N) is 2. The molecule has 0 spiro atoms. The highest BCUT2D eigenvalue weighted by Crippen LogP contribution is 2.37. The van der Waals surface area contributed by atoms with Crippen LogP contribution in [0.1, 0.15) is 28.6 Å². The number of carbonyl (C=O) groups is 2. The summed E-state index contributed by atoms with van der Waals surface area (Å²) < 4.78 is 51.1. The van der Waals surface area contributed by atoms with Gasteiger partial charge >= 0.3 is 6.18 Å². The first-order valence-electron chi connectivity index (χ1n) is 8.50. The predicted octanol–water partition coefficient (Wildman–Crippen LogP) is 4.81. The Labute approximate surface area is 163 Å². The fourth-order valence-corrected chi connectivity index (χ4v) is 2.92. The van der Waals surface area contributed by atoms with E-state index in [0.29, 0.717) is 16.5 Å². The molecule has 2 aromatic carbocycles. The van der Waals surface area contributed by atoms with Gasteiger partial charge in [0.15, 0.2) is 5.76 Å². The van der Waals surface area contributed by atoms with Gasteiger partial charge in [-0.1, -0.05) is 18.2 Å². The van der Waals surface area contributed by atoms with Crippen LogP contribution in [0.25, 0.3) is 11.0 Å². The zero-order valence-electron chi connectivity index (χ0n) is 15.5. The van der Waals surface area contributed by atoms with E-state index in [1.165, 1.54) is 20.1 Å². The van der Waals surface area contributed by atoms with Crippen molar-refractivity contribution in [3.63, 3.8) is 0 Å². The number of amides is 2. The number of benzene rings is 2. The van der Waals surface area contributed by atoms with Crippen molar-refractivity contribution in [2.45, 2.75) is 19.7 Å². The number of hydrogen-bond donors (Lipinski definition) is 2. The van der Waals surface area contributed by atoms with Gasteiger partial charge in [0.25, 0.3) is 5.91 Å². The summed E-state index contributed by atoms with van der Waals surface area (Å²) in [6.07, 6.45) is -4.75. The largest absolute Gasteiger partial charge is 0.451 e. The third-order valence-electron chi connectivity index (χ3n) is 4.09. The topological polar surface area (TPSA) is 80.6 Å². The van der Waals surface area contributed by atoms with Crippen LogP contribution in [0.5, 0.6) is 0 Å². The average molecular weight is 406 g/mol. The highest BCUT2D eigenvalue weighted by Gasteiger charge is 2.35. The lowest BCUT2D eigenvalue weighted by Crippen LogP contribution is -2.18. The summed E-state index contributed by atoms with van der Waals surface area (Å²) in [6.45, 7) is 1.23. The van der Waals surface area contributed by atoms with Gasteiger partial charge in [-0.2, -0.15) is 13.2 Å². The quantitative estimate of drug-likeness (QED) is 0.637. The fourth-order valence-electron chi connectivity index (χ4n) is 2.92. The molecule has 3 rings (SSSR count). The monoisotopic (exact) mass is 406 g/mol. The number of methoxy groups -OCH3 is 1. The number of anilines is 2. The summed E-state index contributed by atoms with van der Waals surface area (Å²) in [4.78, 5) is 23.8. The van der Waals surface area contributed by atoms with Crippen LogP contribution < -0.4 is 10.6 Å². The lowest BCUT2D eigenvalue weighted by Gasteiger charge is -2.15. The minimum absolute atomic E-state index is 0.0355. The van der Waals surface area contributed by atoms with Crippen LogP contribution >= 0.6 is 0 Å². The van der Waals surface area contributed by atoms with E-state index < -0.39 is 29.2 Å². The summed E-state index contributed by atoms with van der Waals surface area (Å²) in [6, 6.07) is 9.94.